The van der Waals surface area contributed by atoms with Crippen molar-refractivity contribution in [3.63, 3.8) is 0 Å². The summed E-state index contributed by atoms with van der Waals surface area (Å²) in [5.41, 5.74) is 1.85. The van der Waals surface area contributed by atoms with Crippen LogP contribution in [0.3, 0.4) is 0 Å². The molecule has 0 saturated carbocycles. The van der Waals surface area contributed by atoms with Crippen LogP contribution in [0.1, 0.15) is 91.0 Å². The lowest BCUT2D eigenvalue weighted by Crippen LogP contribution is -2.55. The maximum absolute atomic E-state index is 14.2. The van der Waals surface area contributed by atoms with Crippen molar-refractivity contribution in [2.24, 2.45) is 5.92 Å². The normalized spacial score (nSPS) is 24.8. The summed E-state index contributed by atoms with van der Waals surface area (Å²) in [7, 11) is 4.79. The molecule has 1 fully saturated rings. The van der Waals surface area contributed by atoms with Gasteiger partial charge in [-0.15, -0.1) is 0 Å². The van der Waals surface area contributed by atoms with Gasteiger partial charge in [0.15, 0.2) is 0 Å². The van der Waals surface area contributed by atoms with Gasteiger partial charge in [-0.2, -0.15) is 0 Å². The molecule has 11 heteroatoms. The van der Waals surface area contributed by atoms with Gasteiger partial charge in [-0.25, -0.2) is 4.79 Å². The summed E-state index contributed by atoms with van der Waals surface area (Å²) in [6.07, 6.45) is 6.95. The van der Waals surface area contributed by atoms with Crippen LogP contribution in [0, 0.1) is 5.92 Å². The van der Waals surface area contributed by atoms with Crippen molar-refractivity contribution in [1.29, 1.82) is 0 Å². The number of carbonyl (C=O) groups excluding carboxylic acids is 5. The Hall–Kier alpha value is -3.73. The predicted octanol–water partition coefficient (Wildman–Crippen LogP) is 4.28. The average molecular weight is 683 g/mol. The predicted molar refractivity (Wildman–Crippen MR) is 188 cm³/mol. The largest absolute Gasteiger partial charge is 0.461 e. The number of allylic oxidation sites excluding steroid dienone is 1. The molecule has 5 atom stereocenters. The number of nitrogens with zero attached hydrogens (tertiary/aromatic N) is 3. The smallest absolute Gasteiger partial charge is 0.329 e. The van der Waals surface area contributed by atoms with Crippen LogP contribution in [0.4, 0.5) is 0 Å². The highest BCUT2D eigenvalue weighted by atomic mass is 16.5. The summed E-state index contributed by atoms with van der Waals surface area (Å²) in [4.78, 5) is 72.8. The number of cyclic esters (lactones) is 1. The van der Waals surface area contributed by atoms with Gasteiger partial charge in [0.05, 0.1) is 12.6 Å². The number of hydrogen-bond donors (Lipinski definition) is 1. The molecule has 2 aliphatic heterocycles. The number of rotatable bonds is 9. The number of carbonyl (C=O) groups is 5. The zero-order valence-electron chi connectivity index (χ0n) is 30.6. The molecule has 1 aromatic rings. The Morgan fingerprint density at radius 3 is 2.39 bits per heavy atom. The Morgan fingerprint density at radius 2 is 1.71 bits per heavy atom. The standard InChI is InChI=1S/C38H58N4O7/c1-26(2)23-33-37(46)42-22-12-17-32(42)38(47)49-30(16-11-13-28(4)48-7)20-18-27(3)19-21-34(43)39-31(24-29-14-9-8-10-15-29)36(45)40(5)25-35(44)41(33)6/h8-10,14-15,19,26,28,30-33H,11-13,16-18,20-25H2,1-7H3,(H,39,43). The molecule has 5 unspecified atom stereocenters. The van der Waals surface area contributed by atoms with Crippen molar-refractivity contribution in [3.8, 4) is 0 Å². The summed E-state index contributed by atoms with van der Waals surface area (Å²) in [6, 6.07) is 7.02. The molecule has 2 aliphatic rings. The number of methoxy groups -OCH3 is 1. The van der Waals surface area contributed by atoms with Gasteiger partial charge < -0.3 is 29.5 Å². The third-order valence-electron chi connectivity index (χ3n) is 9.63. The molecule has 1 saturated heterocycles. The van der Waals surface area contributed by atoms with Gasteiger partial charge in [-0.3, -0.25) is 19.2 Å². The van der Waals surface area contributed by atoms with E-state index in [1.807, 2.05) is 64.1 Å². The van der Waals surface area contributed by atoms with E-state index in [9.17, 15) is 24.0 Å². The van der Waals surface area contributed by atoms with Crippen LogP contribution in [-0.4, -0.2) is 109 Å². The first kappa shape index (κ1) is 39.7. The average Bonchev–Trinajstić information content (AvgIpc) is 3.57. The minimum Gasteiger partial charge on any atom is -0.461 e. The summed E-state index contributed by atoms with van der Waals surface area (Å²) < 4.78 is 11.5. The third kappa shape index (κ3) is 12.3. The van der Waals surface area contributed by atoms with Crippen LogP contribution in [0.5, 0.6) is 0 Å². The maximum Gasteiger partial charge on any atom is 0.329 e. The van der Waals surface area contributed by atoms with Crippen molar-refractivity contribution >= 4 is 29.6 Å². The number of nitrogens with one attached hydrogen (secondary N) is 1. The van der Waals surface area contributed by atoms with E-state index in [0.717, 1.165) is 24.0 Å². The Balaban J connectivity index is 1.95. The van der Waals surface area contributed by atoms with E-state index < -0.39 is 35.9 Å². The topological polar surface area (TPSA) is 126 Å². The van der Waals surface area contributed by atoms with E-state index in [1.165, 1.54) is 16.8 Å². The number of esters is 1. The first-order valence-electron chi connectivity index (χ1n) is 17.8. The van der Waals surface area contributed by atoms with Crippen molar-refractivity contribution in [2.45, 2.75) is 122 Å². The summed E-state index contributed by atoms with van der Waals surface area (Å²) in [6.45, 7) is 8.05. The van der Waals surface area contributed by atoms with E-state index in [4.69, 9.17) is 9.47 Å². The third-order valence-corrected chi connectivity index (χ3v) is 9.63. The highest BCUT2D eigenvalue weighted by molar-refractivity contribution is 5.94. The minimum absolute atomic E-state index is 0.0845. The van der Waals surface area contributed by atoms with Gasteiger partial charge in [0, 0.05) is 40.6 Å². The van der Waals surface area contributed by atoms with E-state index in [1.54, 1.807) is 19.1 Å². The molecule has 0 spiro atoms. The summed E-state index contributed by atoms with van der Waals surface area (Å²) in [5, 5.41) is 2.90. The molecule has 1 N–H and O–H groups in total. The highest BCUT2D eigenvalue weighted by Crippen LogP contribution is 2.26. The van der Waals surface area contributed by atoms with Crippen molar-refractivity contribution in [2.75, 3.05) is 34.3 Å². The molecule has 0 aliphatic carbocycles. The van der Waals surface area contributed by atoms with E-state index in [2.05, 4.69) is 5.32 Å². The van der Waals surface area contributed by atoms with Crippen molar-refractivity contribution in [3.05, 3.63) is 47.5 Å². The van der Waals surface area contributed by atoms with Crippen molar-refractivity contribution < 1.29 is 33.4 Å². The lowest BCUT2D eigenvalue weighted by molar-refractivity contribution is -0.160. The first-order valence-corrected chi connectivity index (χ1v) is 17.8. The van der Waals surface area contributed by atoms with Crippen LogP contribution >= 0.6 is 0 Å². The Bertz CT molecular complexity index is 1300. The molecule has 3 rings (SSSR count). The van der Waals surface area contributed by atoms with Gasteiger partial charge in [0.25, 0.3) is 0 Å². The second kappa shape index (κ2) is 19.5. The van der Waals surface area contributed by atoms with Gasteiger partial charge in [-0.1, -0.05) is 55.8 Å². The van der Waals surface area contributed by atoms with Crippen LogP contribution in [-0.2, 0) is 39.9 Å². The fourth-order valence-electron chi connectivity index (χ4n) is 6.49. The molecular weight excluding hydrogens is 624 g/mol. The SMILES string of the molecule is COC(C)CCCC1CCC(C)=CCC(=O)NC(Cc2ccccc2)C(=O)N(C)CC(=O)N(C)C(CC(C)C)C(=O)N2CCCC2C(=O)O1. The highest BCUT2D eigenvalue weighted by Gasteiger charge is 2.41. The molecule has 11 nitrogen and oxygen atoms in total. The quantitative estimate of drug-likeness (QED) is 0.305. The number of amides is 4. The first-order chi connectivity index (χ1) is 23.3. The van der Waals surface area contributed by atoms with Gasteiger partial charge in [-0.05, 0) is 76.7 Å². The lowest BCUT2D eigenvalue weighted by atomic mass is 10.0. The number of fused-ring (bicyclic) bond motifs is 1. The van der Waals surface area contributed by atoms with Gasteiger partial charge in [0.1, 0.15) is 24.2 Å². The zero-order chi connectivity index (χ0) is 36.1. The summed E-state index contributed by atoms with van der Waals surface area (Å²) >= 11 is 0. The Morgan fingerprint density at radius 1 is 1.00 bits per heavy atom. The van der Waals surface area contributed by atoms with Crippen LogP contribution in [0.15, 0.2) is 42.0 Å². The van der Waals surface area contributed by atoms with E-state index in [0.29, 0.717) is 45.1 Å². The van der Waals surface area contributed by atoms with Gasteiger partial charge in [0.2, 0.25) is 23.6 Å². The number of ether oxygens (including phenoxy) is 2. The molecule has 0 radical (unpaired) electrons. The Labute approximate surface area is 292 Å². The molecule has 49 heavy (non-hydrogen) atoms. The maximum atomic E-state index is 14.2. The van der Waals surface area contributed by atoms with Crippen LogP contribution < -0.4 is 5.32 Å². The number of likely N-dealkylation sites (N-methyl/N-ethyl adjacent to an activating group) is 2. The fraction of sp³-hybridized carbons (Fsp3) is 0.658. The number of hydrogen-bond acceptors (Lipinski definition) is 7. The second-order valence-electron chi connectivity index (χ2n) is 14.2. The minimum atomic E-state index is -0.881. The van der Waals surface area contributed by atoms with Crippen LogP contribution in [0.25, 0.3) is 0 Å². The number of benzene rings is 1. The molecule has 2 heterocycles. The molecule has 272 valence electrons. The zero-order valence-corrected chi connectivity index (χ0v) is 30.6. The molecule has 4 amide bonds. The fourth-order valence-corrected chi connectivity index (χ4v) is 6.49. The monoisotopic (exact) mass is 682 g/mol. The molecule has 0 aromatic heterocycles. The second-order valence-corrected chi connectivity index (χ2v) is 14.2. The van der Waals surface area contributed by atoms with Crippen LogP contribution in [0.2, 0.25) is 0 Å². The van der Waals surface area contributed by atoms with Gasteiger partial charge >= 0.3 is 5.97 Å². The Kier molecular flexibility index (Phi) is 15.8. The molecule has 0 bridgehead atoms. The lowest BCUT2D eigenvalue weighted by Gasteiger charge is -2.35. The molecular formula is C38H58N4O7. The molecule has 1 aromatic carbocycles. The van der Waals surface area contributed by atoms with E-state index >= 15 is 0 Å². The van der Waals surface area contributed by atoms with Crippen molar-refractivity contribution in [1.82, 2.24) is 20.0 Å². The summed E-state index contributed by atoms with van der Waals surface area (Å²) in [5.74, 6) is -1.72. The van der Waals surface area contributed by atoms with E-state index in [-0.39, 0.29) is 49.3 Å².